The topological polar surface area (TPSA) is 19.6 Å². The van der Waals surface area contributed by atoms with Crippen molar-refractivity contribution < 1.29 is 22.0 Å². The van der Waals surface area contributed by atoms with Crippen molar-refractivity contribution in [1.29, 1.82) is 0 Å². The minimum Gasteiger partial charge on any atom is -0.454 e. The molecule has 318 valence electrons. The molecule has 0 unspecified atom stereocenters. The van der Waals surface area contributed by atoms with Crippen LogP contribution in [0.5, 0.6) is 0 Å². The fraction of sp³-hybridized carbons (Fsp3) is 0. The maximum atomic E-state index is 17.7. The molecule has 0 aliphatic rings. The average molecular weight is 875 g/mol. The molecule has 67 heavy (non-hydrogen) atoms. The third-order valence-electron chi connectivity index (χ3n) is 13.2. The van der Waals surface area contributed by atoms with E-state index in [4.69, 9.17) is 4.42 Å². The Morgan fingerprint density at radius 3 is 1.28 bits per heavy atom. The van der Waals surface area contributed by atoms with Crippen LogP contribution in [0.1, 0.15) is 0 Å². The quantitative estimate of drug-likeness (QED) is 0.123. The number of hydrogen-bond acceptors (Lipinski definition) is 3. The second-order valence-corrected chi connectivity index (χ2v) is 16.9. The number of furan rings is 1. The first-order chi connectivity index (χ1) is 32.9. The molecule has 0 N–H and O–H groups in total. The van der Waals surface area contributed by atoms with Gasteiger partial charge in [-0.3, -0.25) is 0 Å². The molecular weight excluding hydrogens is 841 g/mol. The van der Waals surface area contributed by atoms with Crippen LogP contribution < -0.4 is 9.80 Å². The lowest BCUT2D eigenvalue weighted by Crippen LogP contribution is -2.13. The van der Waals surface area contributed by atoms with Gasteiger partial charge in [0.05, 0.1) is 17.1 Å². The van der Waals surface area contributed by atoms with Crippen molar-refractivity contribution in [2.75, 3.05) is 9.80 Å². The molecule has 13 aromatic rings. The van der Waals surface area contributed by atoms with E-state index in [0.717, 1.165) is 53.9 Å². The van der Waals surface area contributed by atoms with Crippen LogP contribution in [0.3, 0.4) is 0 Å². The second kappa shape index (κ2) is 14.9. The van der Waals surface area contributed by atoms with Gasteiger partial charge in [0.2, 0.25) is 0 Å². The predicted molar refractivity (Wildman–Crippen MR) is 268 cm³/mol. The van der Waals surface area contributed by atoms with Gasteiger partial charge in [-0.25, -0.2) is 17.6 Å². The van der Waals surface area contributed by atoms with Crippen LogP contribution in [-0.4, -0.2) is 0 Å². The summed E-state index contributed by atoms with van der Waals surface area (Å²) in [6.07, 6.45) is 0. The Morgan fingerprint density at radius 1 is 0.284 bits per heavy atom. The summed E-state index contributed by atoms with van der Waals surface area (Å²) in [6, 6.07) is 62.7. The summed E-state index contributed by atoms with van der Waals surface area (Å²) in [5.74, 6) is -1.64. The molecular formula is C60H34F4N2O. The third-order valence-corrected chi connectivity index (χ3v) is 13.2. The molecule has 0 atom stereocenters. The van der Waals surface area contributed by atoms with Crippen molar-refractivity contribution >= 4 is 121 Å². The molecule has 0 radical (unpaired) electrons. The molecule has 1 aromatic heterocycles. The average Bonchev–Trinajstić information content (AvgIpc) is 3.72. The van der Waals surface area contributed by atoms with Crippen LogP contribution in [0.4, 0.5) is 51.7 Å². The smallest absolute Gasteiger partial charge is 0.160 e. The van der Waals surface area contributed by atoms with E-state index in [0.29, 0.717) is 66.8 Å². The molecule has 7 heteroatoms. The molecule has 0 saturated carbocycles. The van der Waals surface area contributed by atoms with E-state index in [1.54, 1.807) is 36.4 Å². The van der Waals surface area contributed by atoms with Crippen molar-refractivity contribution in [3.8, 4) is 0 Å². The first-order valence-electron chi connectivity index (χ1n) is 22.0. The highest BCUT2D eigenvalue weighted by Crippen LogP contribution is 2.51. The van der Waals surface area contributed by atoms with E-state index < -0.39 is 23.3 Å². The van der Waals surface area contributed by atoms with Crippen molar-refractivity contribution in [2.45, 2.75) is 0 Å². The first-order valence-corrected chi connectivity index (χ1v) is 22.0. The predicted octanol–water partition coefficient (Wildman–Crippen LogP) is 18.0. The number of hydrogen-bond donors (Lipinski definition) is 0. The summed E-state index contributed by atoms with van der Waals surface area (Å²) < 4.78 is 71.2. The number of rotatable bonds is 6. The molecule has 0 bridgehead atoms. The van der Waals surface area contributed by atoms with Crippen LogP contribution in [0.15, 0.2) is 211 Å². The molecule has 0 amide bonds. The van der Waals surface area contributed by atoms with Gasteiger partial charge in [-0.05, 0) is 117 Å². The van der Waals surface area contributed by atoms with Crippen LogP contribution in [0, 0.1) is 23.3 Å². The summed E-state index contributed by atoms with van der Waals surface area (Å²) in [5, 5.41) is 10.7. The SMILES string of the molecule is Fc1ccc(N(c2ccc3cc4c(cc3c2)oc2c(N(c3ccc(F)cc3)c3c(F)c5ccccc5c5ccccc35)c3ccccc3cc24)c2c(F)c3ccccc3c3ccccc23)cc1. The number of halogens is 4. The summed E-state index contributed by atoms with van der Waals surface area (Å²) in [5.41, 5.74) is 4.12. The van der Waals surface area contributed by atoms with Crippen molar-refractivity contribution in [3.63, 3.8) is 0 Å². The van der Waals surface area contributed by atoms with Gasteiger partial charge in [0.15, 0.2) is 17.2 Å². The Labute approximate surface area is 380 Å². The first kappa shape index (κ1) is 38.8. The molecule has 0 aliphatic carbocycles. The fourth-order valence-electron chi connectivity index (χ4n) is 10.2. The fourth-order valence-corrected chi connectivity index (χ4v) is 10.2. The largest absolute Gasteiger partial charge is 0.454 e. The summed E-state index contributed by atoms with van der Waals surface area (Å²) in [4.78, 5) is 3.72. The van der Waals surface area contributed by atoms with E-state index in [-0.39, 0.29) is 0 Å². The third kappa shape index (κ3) is 5.98. The monoisotopic (exact) mass is 874 g/mol. The molecule has 0 saturated heterocycles. The maximum Gasteiger partial charge on any atom is 0.160 e. The van der Waals surface area contributed by atoms with Crippen LogP contribution in [0.2, 0.25) is 0 Å². The zero-order valence-electron chi connectivity index (χ0n) is 35.4. The van der Waals surface area contributed by atoms with E-state index in [1.165, 1.54) is 24.3 Å². The maximum absolute atomic E-state index is 17.7. The van der Waals surface area contributed by atoms with Crippen molar-refractivity contribution in [1.82, 2.24) is 0 Å². The van der Waals surface area contributed by atoms with Gasteiger partial charge in [0.1, 0.15) is 17.2 Å². The van der Waals surface area contributed by atoms with Crippen LogP contribution in [-0.2, 0) is 0 Å². The van der Waals surface area contributed by atoms with Gasteiger partial charge >= 0.3 is 0 Å². The zero-order valence-corrected chi connectivity index (χ0v) is 35.4. The lowest BCUT2D eigenvalue weighted by Gasteiger charge is -2.29. The van der Waals surface area contributed by atoms with E-state index in [2.05, 4.69) is 12.1 Å². The van der Waals surface area contributed by atoms with Gasteiger partial charge in [-0.2, -0.15) is 0 Å². The van der Waals surface area contributed by atoms with Gasteiger partial charge in [-0.1, -0.05) is 127 Å². The molecule has 0 fully saturated rings. The highest BCUT2D eigenvalue weighted by Gasteiger charge is 2.29. The molecule has 12 aromatic carbocycles. The Balaban J connectivity index is 1.08. The van der Waals surface area contributed by atoms with E-state index in [9.17, 15) is 8.78 Å². The molecule has 0 spiro atoms. The summed E-state index contributed by atoms with van der Waals surface area (Å²) in [6.45, 7) is 0. The standard InChI is InChI=1S/C60H34F4N2O/c61-38-22-27-40(28-23-38)65(57-50-19-9-5-15-46(50)44-13-3-7-17-48(44)55(57)63)42-26-21-35-32-52-53-33-36-11-1-2-12-43(36)59(60(53)67-54(52)34-37(35)31-42)66(41-29-24-39(62)25-30-41)58-51-20-10-6-16-47(51)45-14-4-8-18-49(45)56(58)64/h1-34H. The molecule has 0 aliphatic heterocycles. The Morgan fingerprint density at radius 2 is 0.716 bits per heavy atom. The van der Waals surface area contributed by atoms with Crippen LogP contribution >= 0.6 is 0 Å². The highest BCUT2D eigenvalue weighted by atomic mass is 19.1. The summed E-state index contributed by atoms with van der Waals surface area (Å²) >= 11 is 0. The second-order valence-electron chi connectivity index (χ2n) is 16.9. The van der Waals surface area contributed by atoms with Gasteiger partial charge in [0, 0.05) is 54.8 Å². The summed E-state index contributed by atoms with van der Waals surface area (Å²) in [7, 11) is 0. The van der Waals surface area contributed by atoms with Crippen LogP contribution in [0.25, 0.3) is 86.6 Å². The molecule has 3 nitrogen and oxygen atoms in total. The van der Waals surface area contributed by atoms with Gasteiger partial charge in [-0.15, -0.1) is 0 Å². The number of anilines is 6. The Bertz CT molecular complexity index is 4160. The Kier molecular flexibility index (Phi) is 8.64. The van der Waals surface area contributed by atoms with Gasteiger partial charge < -0.3 is 14.2 Å². The lowest BCUT2D eigenvalue weighted by atomic mass is 9.96. The molecule has 13 rings (SSSR count). The number of fused-ring (bicyclic) bond motifs is 11. The van der Waals surface area contributed by atoms with Crippen molar-refractivity contribution in [3.05, 3.63) is 230 Å². The highest BCUT2D eigenvalue weighted by molar-refractivity contribution is 6.23. The minimum absolute atomic E-state index is 0.308. The van der Waals surface area contributed by atoms with Crippen molar-refractivity contribution in [2.24, 2.45) is 0 Å². The van der Waals surface area contributed by atoms with Gasteiger partial charge in [0.25, 0.3) is 0 Å². The Hall–Kier alpha value is -8.68. The zero-order chi connectivity index (χ0) is 44.9. The molecule has 1 heterocycles. The van der Waals surface area contributed by atoms with E-state index >= 15 is 8.78 Å². The number of nitrogens with zero attached hydrogens (tertiary/aromatic N) is 2. The normalized spacial score (nSPS) is 11.9. The number of benzene rings is 12. The van der Waals surface area contributed by atoms with E-state index in [1.807, 2.05) is 143 Å². The lowest BCUT2D eigenvalue weighted by molar-refractivity contribution is 0.627. The minimum atomic E-state index is -0.421.